The van der Waals surface area contributed by atoms with Crippen LogP contribution in [0.3, 0.4) is 0 Å². The molecule has 1 amide bonds. The summed E-state index contributed by atoms with van der Waals surface area (Å²) in [4.78, 5) is 14.7. The zero-order chi connectivity index (χ0) is 16.7. The second-order valence-electron chi connectivity index (χ2n) is 6.60. The molecule has 1 heterocycles. The largest absolute Gasteiger partial charge is 0.341 e. The minimum atomic E-state index is -0.917. The van der Waals surface area contributed by atoms with Gasteiger partial charge in [0.15, 0.2) is 10.7 Å². The summed E-state index contributed by atoms with van der Waals surface area (Å²) in [7, 11) is 1.74. The molecule has 2 aromatic carbocycles. The highest BCUT2D eigenvalue weighted by atomic mass is 32.1. The van der Waals surface area contributed by atoms with Crippen molar-refractivity contribution < 1.29 is 4.79 Å². The number of hydrogen-bond acceptors (Lipinski definition) is 2. The van der Waals surface area contributed by atoms with Crippen molar-refractivity contribution in [3.63, 3.8) is 0 Å². The molecule has 2 aliphatic rings. The van der Waals surface area contributed by atoms with Crippen molar-refractivity contribution >= 4 is 23.2 Å². The Morgan fingerprint density at radius 2 is 1.71 bits per heavy atom. The molecule has 24 heavy (non-hydrogen) atoms. The van der Waals surface area contributed by atoms with Crippen molar-refractivity contribution in [3.05, 3.63) is 70.8 Å². The monoisotopic (exact) mass is 336 g/mol. The summed E-state index contributed by atoms with van der Waals surface area (Å²) < 4.78 is 0. The van der Waals surface area contributed by atoms with Crippen LogP contribution in [-0.2, 0) is 23.2 Å². The predicted octanol–water partition coefficient (Wildman–Crippen LogP) is 3.16. The molecule has 1 fully saturated rings. The number of nitrogens with zero attached hydrogens (tertiary/aromatic N) is 1. The van der Waals surface area contributed by atoms with Crippen LogP contribution in [-0.4, -0.2) is 23.0 Å². The Kier molecular flexibility index (Phi) is 3.65. The van der Waals surface area contributed by atoms with Gasteiger partial charge in [-0.15, -0.1) is 0 Å². The molecule has 0 bridgehead atoms. The van der Waals surface area contributed by atoms with Crippen molar-refractivity contribution in [2.45, 2.75) is 31.2 Å². The van der Waals surface area contributed by atoms with Gasteiger partial charge in [0.25, 0.3) is 5.91 Å². The van der Waals surface area contributed by atoms with Crippen LogP contribution in [0.4, 0.5) is 0 Å². The maximum atomic E-state index is 13.2. The predicted molar refractivity (Wildman–Crippen MR) is 98.8 cm³/mol. The number of carbonyl (C=O) groups is 1. The summed E-state index contributed by atoms with van der Waals surface area (Å²) >= 11 is 5.38. The van der Waals surface area contributed by atoms with Gasteiger partial charge in [0.05, 0.1) is 0 Å². The highest BCUT2D eigenvalue weighted by Crippen LogP contribution is 2.37. The molecule has 122 valence electrons. The molecule has 0 spiro atoms. The molecule has 1 atom stereocenters. The molecular formula is C20H20N2OS. The smallest absolute Gasteiger partial charge is 0.263 e. The number of carbonyl (C=O) groups excluding carboxylic acids is 1. The fraction of sp³-hybridized carbons (Fsp3) is 0.300. The Labute approximate surface area is 147 Å². The Balaban J connectivity index is 1.92. The Morgan fingerprint density at radius 3 is 2.38 bits per heavy atom. The van der Waals surface area contributed by atoms with E-state index in [0.29, 0.717) is 5.11 Å². The van der Waals surface area contributed by atoms with Crippen LogP contribution in [0.5, 0.6) is 0 Å². The maximum Gasteiger partial charge on any atom is 0.263 e. The minimum absolute atomic E-state index is 0.0190. The number of hydrogen-bond donors (Lipinski definition) is 1. The number of likely N-dealkylation sites (N-methyl/N-ethyl adjacent to an activating group) is 1. The van der Waals surface area contributed by atoms with Crippen LogP contribution in [0.15, 0.2) is 48.5 Å². The third-order valence-corrected chi connectivity index (χ3v) is 5.59. The molecule has 1 aliphatic carbocycles. The molecule has 2 aromatic rings. The van der Waals surface area contributed by atoms with Crippen molar-refractivity contribution in [2.24, 2.45) is 0 Å². The number of thiocarbonyl (C=S) groups is 1. The Hall–Kier alpha value is -2.20. The molecule has 1 saturated heterocycles. The van der Waals surface area contributed by atoms with Gasteiger partial charge in [-0.25, -0.2) is 0 Å². The molecule has 1 N–H and O–H groups in total. The Morgan fingerprint density at radius 1 is 1.00 bits per heavy atom. The first-order chi connectivity index (χ1) is 11.6. The van der Waals surface area contributed by atoms with Crippen molar-refractivity contribution in [1.82, 2.24) is 10.2 Å². The van der Waals surface area contributed by atoms with E-state index >= 15 is 0 Å². The van der Waals surface area contributed by atoms with E-state index < -0.39 is 5.54 Å². The normalized spacial score (nSPS) is 23.1. The lowest BCUT2D eigenvalue weighted by atomic mass is 9.80. The molecule has 4 rings (SSSR count). The molecule has 0 radical (unpaired) electrons. The number of benzene rings is 2. The lowest BCUT2D eigenvalue weighted by Gasteiger charge is -2.29. The molecule has 1 aliphatic heterocycles. The van der Waals surface area contributed by atoms with Gasteiger partial charge in [0.1, 0.15) is 0 Å². The summed E-state index contributed by atoms with van der Waals surface area (Å²) in [5, 5.41) is 3.79. The van der Waals surface area contributed by atoms with E-state index in [4.69, 9.17) is 12.2 Å². The first kappa shape index (κ1) is 15.3. The van der Waals surface area contributed by atoms with Crippen LogP contribution in [0.1, 0.15) is 35.1 Å². The second kappa shape index (κ2) is 5.71. The number of nitrogens with one attached hydrogen (secondary N) is 1. The fourth-order valence-corrected chi connectivity index (χ4v) is 4.09. The van der Waals surface area contributed by atoms with Crippen LogP contribution >= 0.6 is 12.2 Å². The van der Waals surface area contributed by atoms with Gasteiger partial charge >= 0.3 is 0 Å². The number of fused-ring (bicyclic) bond motifs is 1. The zero-order valence-electron chi connectivity index (χ0n) is 13.7. The van der Waals surface area contributed by atoms with E-state index in [1.54, 1.807) is 11.9 Å². The molecular weight excluding hydrogens is 316 g/mol. The minimum Gasteiger partial charge on any atom is -0.341 e. The van der Waals surface area contributed by atoms with Crippen molar-refractivity contribution in [1.29, 1.82) is 0 Å². The average Bonchev–Trinajstić information content (AvgIpc) is 2.87. The van der Waals surface area contributed by atoms with Crippen LogP contribution in [0.2, 0.25) is 0 Å². The number of aryl methyl sites for hydroxylation is 2. The molecule has 0 saturated carbocycles. The quantitative estimate of drug-likeness (QED) is 0.855. The van der Waals surface area contributed by atoms with Gasteiger partial charge in [0, 0.05) is 7.05 Å². The van der Waals surface area contributed by atoms with E-state index in [1.807, 2.05) is 30.3 Å². The molecule has 3 nitrogen and oxygen atoms in total. The Bertz CT molecular complexity index is 818. The maximum absolute atomic E-state index is 13.2. The van der Waals surface area contributed by atoms with Crippen LogP contribution in [0, 0.1) is 0 Å². The van der Waals surface area contributed by atoms with Crippen molar-refractivity contribution in [2.75, 3.05) is 7.05 Å². The van der Waals surface area contributed by atoms with Crippen molar-refractivity contribution in [3.8, 4) is 0 Å². The number of amides is 1. The fourth-order valence-electron chi connectivity index (χ4n) is 3.85. The van der Waals surface area contributed by atoms with Gasteiger partial charge in [-0.05, 0) is 60.2 Å². The lowest BCUT2D eigenvalue weighted by Crippen LogP contribution is -2.45. The average molecular weight is 336 g/mol. The first-order valence-corrected chi connectivity index (χ1v) is 8.82. The third kappa shape index (κ3) is 2.17. The summed E-state index contributed by atoms with van der Waals surface area (Å²) in [5.41, 5.74) is 3.77. The standard InChI is InChI=1S/C20H20N2OS/c1-22-18(23)20(21-19(22)24,16-9-3-2-4-10-16)17-12-11-14-7-5-6-8-15(14)13-17/h2-4,9-13H,5-8H2,1H3,(H,21,24). The molecule has 1 unspecified atom stereocenters. The number of rotatable bonds is 2. The highest BCUT2D eigenvalue weighted by Gasteiger charge is 2.50. The zero-order valence-corrected chi connectivity index (χ0v) is 14.5. The molecule has 4 heteroatoms. The van der Waals surface area contributed by atoms with Gasteiger partial charge in [-0.2, -0.15) is 0 Å². The van der Waals surface area contributed by atoms with Crippen LogP contribution in [0.25, 0.3) is 0 Å². The van der Waals surface area contributed by atoms with E-state index in [9.17, 15) is 4.79 Å². The van der Waals surface area contributed by atoms with Gasteiger partial charge in [0.2, 0.25) is 0 Å². The van der Waals surface area contributed by atoms with E-state index in [1.165, 1.54) is 24.0 Å². The topological polar surface area (TPSA) is 32.3 Å². The summed E-state index contributed by atoms with van der Waals surface area (Å²) in [5.74, 6) is -0.0190. The summed E-state index contributed by atoms with van der Waals surface area (Å²) in [6.45, 7) is 0. The van der Waals surface area contributed by atoms with E-state index in [2.05, 4.69) is 23.5 Å². The van der Waals surface area contributed by atoms with E-state index in [0.717, 1.165) is 24.0 Å². The third-order valence-electron chi connectivity index (χ3n) is 5.21. The lowest BCUT2D eigenvalue weighted by molar-refractivity contribution is -0.129. The molecule has 0 aromatic heterocycles. The van der Waals surface area contributed by atoms with Gasteiger partial charge < -0.3 is 5.32 Å². The van der Waals surface area contributed by atoms with Gasteiger partial charge in [-0.3, -0.25) is 9.69 Å². The summed E-state index contributed by atoms with van der Waals surface area (Å²) in [6.07, 6.45) is 4.69. The summed E-state index contributed by atoms with van der Waals surface area (Å²) in [6, 6.07) is 16.4. The van der Waals surface area contributed by atoms with E-state index in [-0.39, 0.29) is 5.91 Å². The SMILES string of the molecule is CN1C(=O)C(c2ccccc2)(c2ccc3c(c2)CCCC3)NC1=S. The first-order valence-electron chi connectivity index (χ1n) is 8.41. The highest BCUT2D eigenvalue weighted by molar-refractivity contribution is 7.80. The van der Waals surface area contributed by atoms with Crippen LogP contribution < -0.4 is 5.32 Å². The van der Waals surface area contributed by atoms with Gasteiger partial charge in [-0.1, -0.05) is 48.5 Å². The second-order valence-corrected chi connectivity index (χ2v) is 6.99.